The second-order valence-electron chi connectivity index (χ2n) is 6.63. The van der Waals surface area contributed by atoms with Crippen molar-refractivity contribution in [2.75, 3.05) is 18.4 Å². The maximum atomic E-state index is 14.4. The van der Waals surface area contributed by atoms with Gasteiger partial charge in [-0.25, -0.2) is 14.2 Å². The fraction of sp³-hybridized carbons (Fsp3) is 0.421. The van der Waals surface area contributed by atoms with Crippen LogP contribution in [0.25, 0.3) is 0 Å². The number of halogens is 1. The van der Waals surface area contributed by atoms with E-state index in [1.54, 1.807) is 19.1 Å². The Balaban J connectivity index is 1.50. The van der Waals surface area contributed by atoms with Gasteiger partial charge in [-0.2, -0.15) is 0 Å². The van der Waals surface area contributed by atoms with Gasteiger partial charge in [0.25, 0.3) is 0 Å². The summed E-state index contributed by atoms with van der Waals surface area (Å²) in [6.45, 7) is 2.96. The summed E-state index contributed by atoms with van der Waals surface area (Å²) in [6.07, 6.45) is 4.35. The number of carbonyl (C=O) groups is 2. The summed E-state index contributed by atoms with van der Waals surface area (Å²) >= 11 is 0. The Morgan fingerprint density at radius 3 is 2.78 bits per heavy atom. The molecule has 1 aromatic carbocycles. The highest BCUT2D eigenvalue weighted by Crippen LogP contribution is 2.24. The van der Waals surface area contributed by atoms with Gasteiger partial charge in [0.2, 0.25) is 5.91 Å². The van der Waals surface area contributed by atoms with Gasteiger partial charge in [0.15, 0.2) is 18.8 Å². The quantitative estimate of drug-likeness (QED) is 0.866. The number of oxazole rings is 1. The van der Waals surface area contributed by atoms with Crippen LogP contribution >= 0.6 is 0 Å². The van der Waals surface area contributed by atoms with Crippen LogP contribution in [0.2, 0.25) is 0 Å². The first kappa shape index (κ1) is 18.9. The standard InChI is InChI=1S/C19H22FN3O4/c1-13(24)23-6-4-14(5-7-23)8-15-2-3-16(9-18(15)20)22-19(25)26-11-17-10-21-12-27-17/h2-3,9-10,12,14H,4-8,11H2,1H3,(H,22,25). The van der Waals surface area contributed by atoms with Crippen molar-refractivity contribution in [2.24, 2.45) is 5.92 Å². The zero-order valence-corrected chi connectivity index (χ0v) is 15.1. The third kappa shape index (κ3) is 5.29. The molecular formula is C19H22FN3O4. The lowest BCUT2D eigenvalue weighted by Crippen LogP contribution is -2.37. The van der Waals surface area contributed by atoms with E-state index < -0.39 is 6.09 Å². The lowest BCUT2D eigenvalue weighted by Gasteiger charge is -2.31. The number of anilines is 1. The molecule has 0 aliphatic carbocycles. The molecule has 2 heterocycles. The zero-order chi connectivity index (χ0) is 19.2. The summed E-state index contributed by atoms with van der Waals surface area (Å²) in [5.74, 6) is 0.491. The summed E-state index contributed by atoms with van der Waals surface area (Å²) < 4.78 is 24.3. The van der Waals surface area contributed by atoms with Crippen LogP contribution in [0.1, 0.15) is 31.1 Å². The molecule has 27 heavy (non-hydrogen) atoms. The number of hydrogen-bond donors (Lipinski definition) is 1. The van der Waals surface area contributed by atoms with E-state index >= 15 is 0 Å². The number of amides is 2. The Bertz CT molecular complexity index is 786. The molecule has 1 aliphatic rings. The molecule has 1 saturated heterocycles. The van der Waals surface area contributed by atoms with Crippen LogP contribution < -0.4 is 5.32 Å². The number of hydrogen-bond acceptors (Lipinski definition) is 5. The molecule has 0 bridgehead atoms. The Morgan fingerprint density at radius 1 is 1.37 bits per heavy atom. The lowest BCUT2D eigenvalue weighted by atomic mass is 9.90. The molecule has 0 saturated carbocycles. The summed E-state index contributed by atoms with van der Waals surface area (Å²) in [5.41, 5.74) is 0.932. The Kier molecular flexibility index (Phi) is 6.05. The second-order valence-corrected chi connectivity index (χ2v) is 6.63. The number of nitrogens with zero attached hydrogens (tertiary/aromatic N) is 2. The van der Waals surface area contributed by atoms with E-state index in [4.69, 9.17) is 9.15 Å². The molecule has 1 aliphatic heterocycles. The third-order valence-corrected chi connectivity index (χ3v) is 4.70. The van der Waals surface area contributed by atoms with E-state index in [-0.39, 0.29) is 18.3 Å². The number of piperidine rings is 1. The van der Waals surface area contributed by atoms with Crippen molar-refractivity contribution in [2.45, 2.75) is 32.8 Å². The van der Waals surface area contributed by atoms with Gasteiger partial charge in [-0.05, 0) is 42.9 Å². The van der Waals surface area contributed by atoms with Crippen LogP contribution in [-0.2, 0) is 22.6 Å². The smallest absolute Gasteiger partial charge is 0.412 e. The zero-order valence-electron chi connectivity index (χ0n) is 15.1. The first-order valence-electron chi connectivity index (χ1n) is 8.86. The predicted octanol–water partition coefficient (Wildman–Crippen LogP) is 3.36. The molecule has 8 heteroatoms. The molecule has 0 unspecified atom stereocenters. The Morgan fingerprint density at radius 2 is 2.15 bits per heavy atom. The maximum absolute atomic E-state index is 14.4. The number of ether oxygens (including phenoxy) is 1. The van der Waals surface area contributed by atoms with E-state index in [1.165, 1.54) is 18.7 Å². The SMILES string of the molecule is CC(=O)N1CCC(Cc2ccc(NC(=O)OCc3cnco3)cc2F)CC1. The fourth-order valence-electron chi connectivity index (χ4n) is 3.16. The molecule has 2 amide bonds. The minimum atomic E-state index is -0.699. The molecular weight excluding hydrogens is 353 g/mol. The van der Waals surface area contributed by atoms with Gasteiger partial charge in [-0.3, -0.25) is 10.1 Å². The number of nitrogens with one attached hydrogen (secondary N) is 1. The van der Waals surface area contributed by atoms with Crippen LogP contribution in [0.4, 0.5) is 14.9 Å². The maximum Gasteiger partial charge on any atom is 0.412 e. The van der Waals surface area contributed by atoms with Crippen molar-refractivity contribution >= 4 is 17.7 Å². The molecule has 0 radical (unpaired) electrons. The molecule has 0 atom stereocenters. The van der Waals surface area contributed by atoms with Crippen molar-refractivity contribution in [1.29, 1.82) is 0 Å². The third-order valence-electron chi connectivity index (χ3n) is 4.70. The Labute approximate surface area is 156 Å². The summed E-state index contributed by atoms with van der Waals surface area (Å²) in [6, 6.07) is 4.62. The molecule has 1 fully saturated rings. The van der Waals surface area contributed by atoms with E-state index in [0.29, 0.717) is 29.3 Å². The van der Waals surface area contributed by atoms with Crippen LogP contribution in [0, 0.1) is 11.7 Å². The monoisotopic (exact) mass is 375 g/mol. The van der Waals surface area contributed by atoms with Crippen LogP contribution in [0.3, 0.4) is 0 Å². The van der Waals surface area contributed by atoms with Gasteiger partial charge >= 0.3 is 6.09 Å². The fourth-order valence-corrected chi connectivity index (χ4v) is 3.16. The van der Waals surface area contributed by atoms with Crippen LogP contribution in [0.5, 0.6) is 0 Å². The van der Waals surface area contributed by atoms with E-state index in [9.17, 15) is 14.0 Å². The van der Waals surface area contributed by atoms with E-state index in [2.05, 4.69) is 10.3 Å². The van der Waals surface area contributed by atoms with Crippen molar-refractivity contribution in [1.82, 2.24) is 9.88 Å². The number of likely N-dealkylation sites (tertiary alicyclic amines) is 1. The average Bonchev–Trinajstić information content (AvgIpc) is 3.16. The molecule has 3 rings (SSSR count). The van der Waals surface area contributed by atoms with E-state index in [0.717, 1.165) is 25.9 Å². The summed E-state index contributed by atoms with van der Waals surface area (Å²) in [7, 11) is 0. The first-order valence-corrected chi connectivity index (χ1v) is 8.86. The highest BCUT2D eigenvalue weighted by atomic mass is 19.1. The van der Waals surface area contributed by atoms with Gasteiger partial charge in [0.05, 0.1) is 6.20 Å². The number of rotatable bonds is 5. The van der Waals surface area contributed by atoms with Gasteiger partial charge in [-0.15, -0.1) is 0 Å². The minimum Gasteiger partial charge on any atom is -0.445 e. The number of benzene rings is 1. The highest BCUT2D eigenvalue weighted by molar-refractivity contribution is 5.84. The molecule has 7 nitrogen and oxygen atoms in total. The summed E-state index contributed by atoms with van der Waals surface area (Å²) in [4.78, 5) is 28.7. The highest BCUT2D eigenvalue weighted by Gasteiger charge is 2.22. The van der Waals surface area contributed by atoms with E-state index in [1.807, 2.05) is 4.90 Å². The molecule has 2 aromatic rings. The topological polar surface area (TPSA) is 84.7 Å². The number of aromatic nitrogens is 1. The molecule has 0 spiro atoms. The molecule has 1 aromatic heterocycles. The van der Waals surface area contributed by atoms with Crippen molar-refractivity contribution < 1.29 is 23.1 Å². The van der Waals surface area contributed by atoms with Crippen molar-refractivity contribution in [3.63, 3.8) is 0 Å². The molecule has 144 valence electrons. The largest absolute Gasteiger partial charge is 0.445 e. The predicted molar refractivity (Wildman–Crippen MR) is 95.4 cm³/mol. The first-order chi connectivity index (χ1) is 13.0. The minimum absolute atomic E-state index is 0.0502. The number of carbonyl (C=O) groups excluding carboxylic acids is 2. The van der Waals surface area contributed by atoms with Crippen LogP contribution in [-0.4, -0.2) is 35.0 Å². The van der Waals surface area contributed by atoms with Crippen molar-refractivity contribution in [3.05, 3.63) is 47.9 Å². The lowest BCUT2D eigenvalue weighted by molar-refractivity contribution is -0.130. The van der Waals surface area contributed by atoms with Crippen molar-refractivity contribution in [3.8, 4) is 0 Å². The van der Waals surface area contributed by atoms with Gasteiger partial charge in [0, 0.05) is 25.7 Å². The normalized spacial score (nSPS) is 14.8. The van der Waals surface area contributed by atoms with Gasteiger partial charge in [0.1, 0.15) is 5.82 Å². The average molecular weight is 375 g/mol. The molecule has 1 N–H and O–H groups in total. The second kappa shape index (κ2) is 8.66. The summed E-state index contributed by atoms with van der Waals surface area (Å²) in [5, 5.41) is 2.49. The Hall–Kier alpha value is -2.90. The van der Waals surface area contributed by atoms with Crippen LogP contribution in [0.15, 0.2) is 35.2 Å². The van der Waals surface area contributed by atoms with Gasteiger partial charge < -0.3 is 14.1 Å². The van der Waals surface area contributed by atoms with Gasteiger partial charge in [-0.1, -0.05) is 6.07 Å².